The zero-order valence-corrected chi connectivity index (χ0v) is 23.4. The number of ether oxygens (including phenoxy) is 1. The van der Waals surface area contributed by atoms with Crippen LogP contribution in [0.1, 0.15) is 29.9 Å². The molecular weight excluding hydrogens is 568 g/mol. The van der Waals surface area contributed by atoms with E-state index in [1.165, 1.54) is 6.07 Å². The van der Waals surface area contributed by atoms with E-state index in [0.29, 0.717) is 28.8 Å². The number of carboxylic acid groups (broad SMARTS) is 1. The number of benzene rings is 3. The molecule has 0 fully saturated rings. The molecule has 0 aliphatic rings. The first-order chi connectivity index (χ1) is 20.4. The van der Waals surface area contributed by atoms with Crippen molar-refractivity contribution >= 4 is 28.2 Å². The Bertz CT molecular complexity index is 1760. The Labute approximate surface area is 244 Å². The van der Waals surface area contributed by atoms with Gasteiger partial charge < -0.3 is 20.9 Å². The van der Waals surface area contributed by atoms with Gasteiger partial charge in [0, 0.05) is 35.4 Å². The molecule has 0 radical (unpaired) electrons. The lowest BCUT2D eigenvalue weighted by molar-refractivity contribution is -0.192. The summed E-state index contributed by atoms with van der Waals surface area (Å²) in [4.78, 5) is 17.9. The molecule has 43 heavy (non-hydrogen) atoms. The average molecular weight is 597 g/mol. The summed E-state index contributed by atoms with van der Waals surface area (Å²) >= 11 is 0. The second-order valence-electron chi connectivity index (χ2n) is 9.37. The summed E-state index contributed by atoms with van der Waals surface area (Å²) < 4.78 is 54.1. The van der Waals surface area contributed by atoms with Crippen LogP contribution in [0.2, 0.25) is 0 Å². The molecule has 0 amide bonds. The Kier molecular flexibility index (Phi) is 9.12. The van der Waals surface area contributed by atoms with E-state index >= 15 is 4.39 Å². The van der Waals surface area contributed by atoms with Crippen molar-refractivity contribution in [3.8, 4) is 17.1 Å². The molecule has 4 N–H and O–H groups in total. The molecule has 0 saturated heterocycles. The van der Waals surface area contributed by atoms with Crippen LogP contribution in [-0.4, -0.2) is 44.1 Å². The maximum atomic E-state index is 15.3. The first kappa shape index (κ1) is 30.8. The quantitative estimate of drug-likeness (QED) is 0.191. The summed E-state index contributed by atoms with van der Waals surface area (Å²) in [5, 5.41) is 17.1. The number of nitrogens with one attached hydrogen (secondary N) is 1. The third-order valence-electron chi connectivity index (χ3n) is 6.51. The van der Waals surface area contributed by atoms with Gasteiger partial charge in [-0.1, -0.05) is 31.2 Å². The third kappa shape index (κ3) is 7.18. The number of carbonyl (C=O) groups is 1. The van der Waals surface area contributed by atoms with Crippen LogP contribution < -0.4 is 15.8 Å². The topological polar surface area (TPSA) is 128 Å². The Morgan fingerprint density at radius 1 is 1.12 bits per heavy atom. The van der Waals surface area contributed by atoms with E-state index in [9.17, 15) is 13.2 Å². The van der Waals surface area contributed by atoms with Crippen LogP contribution in [0.5, 0.6) is 5.75 Å². The standard InChI is InChI=1S/C28H27FN6O.C2HF3O2/c1-4-17-8-11-24(29)23(14-17)25(32-20-9-10-22-18(15-20)12-13-31-26(22)30)28-33-27(34-35(28)2)19-6-5-7-21(16-19)36-3;3-2(4,5)1(6)7/h5-16,25,32H,4H2,1-3H3,(H2,30,31);(H,6,7). The van der Waals surface area contributed by atoms with E-state index in [0.717, 1.165) is 34.0 Å². The van der Waals surface area contributed by atoms with Crippen LogP contribution in [0.3, 0.4) is 0 Å². The number of anilines is 2. The maximum absolute atomic E-state index is 15.3. The van der Waals surface area contributed by atoms with E-state index in [1.54, 1.807) is 24.1 Å². The number of halogens is 4. The predicted octanol–water partition coefficient (Wildman–Crippen LogP) is 6.16. The van der Waals surface area contributed by atoms with Crippen molar-refractivity contribution in [1.82, 2.24) is 19.7 Å². The number of nitrogens with two attached hydrogens (primary N) is 1. The first-order valence-corrected chi connectivity index (χ1v) is 13.0. The average Bonchev–Trinajstić information content (AvgIpc) is 3.37. The number of nitrogen functional groups attached to an aromatic ring is 1. The summed E-state index contributed by atoms with van der Waals surface area (Å²) in [6, 6.07) is 19.9. The lowest BCUT2D eigenvalue weighted by Gasteiger charge is -2.21. The lowest BCUT2D eigenvalue weighted by Crippen LogP contribution is -2.21. The Morgan fingerprint density at radius 3 is 2.53 bits per heavy atom. The fourth-order valence-electron chi connectivity index (χ4n) is 4.31. The highest BCUT2D eigenvalue weighted by molar-refractivity contribution is 5.93. The highest BCUT2D eigenvalue weighted by Crippen LogP contribution is 2.32. The molecule has 2 heterocycles. The third-order valence-corrected chi connectivity index (χ3v) is 6.51. The minimum atomic E-state index is -5.08. The fraction of sp³-hybridized carbons (Fsp3) is 0.200. The SMILES string of the molecule is CCc1ccc(F)c(C(Nc2ccc3c(N)nccc3c2)c2nc(-c3cccc(OC)c3)nn2C)c1.O=C(O)C(F)(F)F. The van der Waals surface area contributed by atoms with Gasteiger partial charge in [0.2, 0.25) is 0 Å². The van der Waals surface area contributed by atoms with Crippen molar-refractivity contribution < 1.29 is 32.2 Å². The summed E-state index contributed by atoms with van der Waals surface area (Å²) in [6.45, 7) is 2.05. The Hall–Kier alpha value is -5.20. The number of alkyl halides is 3. The Balaban J connectivity index is 0.000000541. The van der Waals surface area contributed by atoms with Crippen LogP contribution in [0.15, 0.2) is 72.9 Å². The largest absolute Gasteiger partial charge is 0.497 e. The number of aliphatic carboxylic acids is 1. The van der Waals surface area contributed by atoms with Crippen LogP contribution >= 0.6 is 0 Å². The molecule has 2 aromatic heterocycles. The Morgan fingerprint density at radius 2 is 1.86 bits per heavy atom. The van der Waals surface area contributed by atoms with Crippen molar-refractivity contribution in [3.63, 3.8) is 0 Å². The molecule has 5 rings (SSSR count). The van der Waals surface area contributed by atoms with Gasteiger partial charge in [-0.3, -0.25) is 4.68 Å². The van der Waals surface area contributed by atoms with Gasteiger partial charge >= 0.3 is 12.1 Å². The number of aryl methyl sites for hydroxylation is 2. The first-order valence-electron chi connectivity index (χ1n) is 13.0. The number of nitrogens with zero attached hydrogens (tertiary/aromatic N) is 4. The number of aromatic nitrogens is 4. The molecule has 0 aliphatic carbocycles. The van der Waals surface area contributed by atoms with E-state index in [1.807, 2.05) is 68.6 Å². The second-order valence-corrected chi connectivity index (χ2v) is 9.37. The number of carboxylic acids is 1. The van der Waals surface area contributed by atoms with Gasteiger partial charge in [0.05, 0.1) is 7.11 Å². The molecule has 3 aromatic carbocycles. The summed E-state index contributed by atoms with van der Waals surface area (Å²) in [5.41, 5.74) is 9.17. The fourth-order valence-corrected chi connectivity index (χ4v) is 4.31. The van der Waals surface area contributed by atoms with Gasteiger partial charge in [-0.25, -0.2) is 19.2 Å². The smallest absolute Gasteiger partial charge is 0.490 e. The number of fused-ring (bicyclic) bond motifs is 1. The minimum Gasteiger partial charge on any atom is -0.497 e. The van der Waals surface area contributed by atoms with Crippen molar-refractivity contribution in [3.05, 3.63) is 95.7 Å². The van der Waals surface area contributed by atoms with Crippen LogP contribution in [0.4, 0.5) is 29.1 Å². The van der Waals surface area contributed by atoms with E-state index in [4.69, 9.17) is 25.4 Å². The van der Waals surface area contributed by atoms with Crippen molar-refractivity contribution in [2.75, 3.05) is 18.2 Å². The summed E-state index contributed by atoms with van der Waals surface area (Å²) in [6.07, 6.45) is -2.62. The van der Waals surface area contributed by atoms with Gasteiger partial charge in [-0.05, 0) is 59.8 Å². The van der Waals surface area contributed by atoms with Crippen molar-refractivity contribution in [2.45, 2.75) is 25.6 Å². The zero-order chi connectivity index (χ0) is 31.3. The number of rotatable bonds is 7. The molecular formula is C30H28F4N6O3. The molecule has 0 spiro atoms. The van der Waals surface area contributed by atoms with Crippen LogP contribution in [0.25, 0.3) is 22.2 Å². The lowest BCUT2D eigenvalue weighted by atomic mass is 10.0. The molecule has 1 atom stereocenters. The van der Waals surface area contributed by atoms with Crippen molar-refractivity contribution in [2.24, 2.45) is 7.05 Å². The second kappa shape index (κ2) is 12.8. The number of pyridine rings is 1. The molecule has 13 heteroatoms. The molecule has 1 unspecified atom stereocenters. The highest BCUT2D eigenvalue weighted by atomic mass is 19.4. The number of methoxy groups -OCH3 is 1. The van der Waals surface area contributed by atoms with Gasteiger partial charge in [0.15, 0.2) is 11.6 Å². The minimum absolute atomic E-state index is 0.315. The van der Waals surface area contributed by atoms with Crippen LogP contribution in [0, 0.1) is 5.82 Å². The van der Waals surface area contributed by atoms with E-state index in [-0.39, 0.29) is 5.82 Å². The summed E-state index contributed by atoms with van der Waals surface area (Å²) in [5.74, 6) is -0.786. The predicted molar refractivity (Wildman–Crippen MR) is 154 cm³/mol. The zero-order valence-electron chi connectivity index (χ0n) is 23.4. The van der Waals surface area contributed by atoms with E-state index < -0.39 is 18.2 Å². The maximum Gasteiger partial charge on any atom is 0.490 e. The van der Waals surface area contributed by atoms with E-state index in [2.05, 4.69) is 15.4 Å². The van der Waals surface area contributed by atoms with Gasteiger partial charge in [-0.15, -0.1) is 0 Å². The summed E-state index contributed by atoms with van der Waals surface area (Å²) in [7, 11) is 3.43. The van der Waals surface area contributed by atoms with Gasteiger partial charge in [0.1, 0.15) is 23.4 Å². The van der Waals surface area contributed by atoms with Gasteiger partial charge in [-0.2, -0.15) is 18.3 Å². The molecule has 9 nitrogen and oxygen atoms in total. The monoisotopic (exact) mass is 596 g/mol. The van der Waals surface area contributed by atoms with Crippen molar-refractivity contribution in [1.29, 1.82) is 0 Å². The molecule has 224 valence electrons. The normalized spacial score (nSPS) is 11.9. The highest BCUT2D eigenvalue weighted by Gasteiger charge is 2.38. The molecule has 0 bridgehead atoms. The number of hydrogen-bond donors (Lipinski definition) is 3. The van der Waals surface area contributed by atoms with Gasteiger partial charge in [0.25, 0.3) is 0 Å². The molecule has 0 saturated carbocycles. The molecule has 0 aliphatic heterocycles. The molecule has 5 aromatic rings. The number of hydrogen-bond acceptors (Lipinski definition) is 7. The van der Waals surface area contributed by atoms with Crippen LogP contribution in [-0.2, 0) is 18.3 Å².